The quantitative estimate of drug-likeness (QED) is 0.718. The van der Waals surface area contributed by atoms with Crippen LogP contribution in [-0.4, -0.2) is 35.4 Å². The van der Waals surface area contributed by atoms with Crippen molar-refractivity contribution in [2.75, 3.05) is 6.54 Å². The molecule has 2 bridgehead atoms. The lowest BCUT2D eigenvalue weighted by Gasteiger charge is -2.60. The van der Waals surface area contributed by atoms with Gasteiger partial charge in [0, 0.05) is 23.6 Å². The molecule has 1 saturated heterocycles. The van der Waals surface area contributed by atoms with Crippen LogP contribution >= 0.6 is 0 Å². The molecule has 1 aromatic carbocycles. The Morgan fingerprint density at radius 2 is 1.84 bits per heavy atom. The number of Topliss-reactive ketones (excluding diaryl/α,β-unsaturated/α-hetero) is 1. The first-order chi connectivity index (χ1) is 11.4. The summed E-state index contributed by atoms with van der Waals surface area (Å²) in [5.74, 6) is -1.84. The Morgan fingerprint density at radius 1 is 1.20 bits per heavy atom. The highest BCUT2D eigenvalue weighted by molar-refractivity contribution is 5.94. The Labute approximate surface area is 145 Å². The second-order valence-electron chi connectivity index (χ2n) is 7.95. The molecule has 0 radical (unpaired) electrons. The molecule has 3 rings (SSSR count). The number of likely N-dealkylation sites (tertiary alicyclic amines) is 1. The van der Waals surface area contributed by atoms with Crippen molar-refractivity contribution in [3.63, 3.8) is 0 Å². The molecule has 1 aromatic rings. The van der Waals surface area contributed by atoms with E-state index in [4.69, 9.17) is 0 Å². The minimum absolute atomic E-state index is 0.0776. The molecule has 1 heterocycles. The van der Waals surface area contributed by atoms with Gasteiger partial charge in [0.15, 0.2) is 5.78 Å². The lowest BCUT2D eigenvalue weighted by Crippen LogP contribution is -2.66. The number of amides is 1. The van der Waals surface area contributed by atoms with Crippen molar-refractivity contribution in [3.05, 3.63) is 34.9 Å². The highest BCUT2D eigenvalue weighted by Crippen LogP contribution is 2.56. The molecule has 3 nitrogen and oxygen atoms in total. The van der Waals surface area contributed by atoms with E-state index in [1.165, 1.54) is 6.92 Å². The van der Waals surface area contributed by atoms with Crippen LogP contribution in [0, 0.1) is 5.41 Å². The fraction of sp³-hybridized carbons (Fsp3) is 0.579. The minimum Gasteiger partial charge on any atom is -0.331 e. The predicted octanol–water partition coefficient (Wildman–Crippen LogP) is 3.89. The predicted molar refractivity (Wildman–Crippen MR) is 87.5 cm³/mol. The molecule has 2 aliphatic rings. The van der Waals surface area contributed by atoms with Gasteiger partial charge in [0.25, 0.3) is 0 Å². The van der Waals surface area contributed by atoms with Crippen molar-refractivity contribution in [1.82, 2.24) is 4.90 Å². The Kier molecular flexibility index (Phi) is 3.82. The molecule has 0 spiro atoms. The number of carbonyl (C=O) groups is 2. The van der Waals surface area contributed by atoms with E-state index in [2.05, 4.69) is 6.92 Å². The van der Waals surface area contributed by atoms with E-state index in [0.717, 1.165) is 16.0 Å². The standard InChI is InChI=1S/C19H22F3NO2/c1-11(24)12-5-6-14-13(9-12)10-15-17(2,3)18(14,4)7-8-23(15)16(25)19(20,21)22/h5-6,9,15H,7-8,10H2,1-4H3. The molecule has 1 aliphatic heterocycles. The summed E-state index contributed by atoms with van der Waals surface area (Å²) < 4.78 is 39.1. The van der Waals surface area contributed by atoms with Gasteiger partial charge in [-0.2, -0.15) is 13.2 Å². The molecular formula is C19H22F3NO2. The van der Waals surface area contributed by atoms with Crippen LogP contribution in [0.1, 0.15) is 55.6 Å². The number of alkyl halides is 3. The number of piperidine rings is 1. The summed E-state index contributed by atoms with van der Waals surface area (Å²) in [6.07, 6.45) is -4.07. The highest BCUT2D eigenvalue weighted by atomic mass is 19.4. The largest absolute Gasteiger partial charge is 0.471 e. The second kappa shape index (κ2) is 5.32. The number of fused-ring (bicyclic) bond motifs is 4. The van der Waals surface area contributed by atoms with Crippen molar-refractivity contribution in [3.8, 4) is 0 Å². The van der Waals surface area contributed by atoms with Gasteiger partial charge in [0.2, 0.25) is 0 Å². The second-order valence-corrected chi connectivity index (χ2v) is 7.95. The van der Waals surface area contributed by atoms with Crippen LogP contribution in [0.4, 0.5) is 13.2 Å². The van der Waals surface area contributed by atoms with E-state index < -0.39 is 23.5 Å². The van der Waals surface area contributed by atoms with Crippen molar-refractivity contribution < 1.29 is 22.8 Å². The van der Waals surface area contributed by atoms with Gasteiger partial charge in [-0.25, -0.2) is 0 Å². The summed E-state index contributed by atoms with van der Waals surface area (Å²) in [5, 5.41) is 0. The van der Waals surface area contributed by atoms with Gasteiger partial charge in [-0.05, 0) is 42.4 Å². The van der Waals surface area contributed by atoms with Gasteiger partial charge < -0.3 is 4.90 Å². The lowest BCUT2D eigenvalue weighted by molar-refractivity contribution is -0.195. The molecule has 2 atom stereocenters. The fourth-order valence-electron chi connectivity index (χ4n) is 4.56. The molecule has 0 N–H and O–H groups in total. The molecule has 0 aromatic heterocycles. The molecule has 136 valence electrons. The number of nitrogens with zero attached hydrogens (tertiary/aromatic N) is 1. The zero-order valence-electron chi connectivity index (χ0n) is 14.8. The number of halogens is 3. The first-order valence-electron chi connectivity index (χ1n) is 8.42. The topological polar surface area (TPSA) is 37.4 Å². The fourth-order valence-corrected chi connectivity index (χ4v) is 4.56. The first-order valence-corrected chi connectivity index (χ1v) is 8.42. The van der Waals surface area contributed by atoms with E-state index in [1.807, 2.05) is 19.9 Å². The number of ketones is 1. The minimum atomic E-state index is -4.87. The molecule has 2 unspecified atom stereocenters. The normalized spacial score (nSPS) is 27.6. The number of carbonyl (C=O) groups excluding carboxylic acids is 2. The zero-order valence-corrected chi connectivity index (χ0v) is 14.8. The van der Waals surface area contributed by atoms with E-state index in [9.17, 15) is 22.8 Å². The van der Waals surface area contributed by atoms with Crippen molar-refractivity contribution in [2.24, 2.45) is 5.41 Å². The molecule has 6 heteroatoms. The maximum absolute atomic E-state index is 13.0. The third-order valence-corrected chi connectivity index (χ3v) is 6.51. The van der Waals surface area contributed by atoms with Gasteiger partial charge in [0.05, 0.1) is 0 Å². The third kappa shape index (κ3) is 2.49. The number of hydrogen-bond acceptors (Lipinski definition) is 2. The van der Waals surface area contributed by atoms with E-state index >= 15 is 0 Å². The maximum Gasteiger partial charge on any atom is 0.471 e. The summed E-state index contributed by atoms with van der Waals surface area (Å²) >= 11 is 0. The number of hydrogen-bond donors (Lipinski definition) is 0. The molecule has 1 aliphatic carbocycles. The van der Waals surface area contributed by atoms with E-state index in [0.29, 0.717) is 18.4 Å². The number of benzene rings is 1. The summed E-state index contributed by atoms with van der Waals surface area (Å²) in [6.45, 7) is 7.50. The molecule has 0 saturated carbocycles. The Morgan fingerprint density at radius 3 is 2.40 bits per heavy atom. The summed E-state index contributed by atoms with van der Waals surface area (Å²) in [6, 6.07) is 4.95. The zero-order chi connectivity index (χ0) is 18.8. The van der Waals surface area contributed by atoms with Crippen LogP contribution in [0.5, 0.6) is 0 Å². The van der Waals surface area contributed by atoms with Crippen LogP contribution in [-0.2, 0) is 16.6 Å². The third-order valence-electron chi connectivity index (χ3n) is 6.51. The van der Waals surface area contributed by atoms with Gasteiger partial charge >= 0.3 is 12.1 Å². The van der Waals surface area contributed by atoms with Gasteiger partial charge in [0.1, 0.15) is 0 Å². The van der Waals surface area contributed by atoms with Gasteiger partial charge in [-0.15, -0.1) is 0 Å². The van der Waals surface area contributed by atoms with Crippen LogP contribution in [0.3, 0.4) is 0 Å². The van der Waals surface area contributed by atoms with Crippen molar-refractivity contribution in [1.29, 1.82) is 0 Å². The molecule has 25 heavy (non-hydrogen) atoms. The van der Waals surface area contributed by atoms with E-state index in [1.54, 1.807) is 12.1 Å². The highest BCUT2D eigenvalue weighted by Gasteiger charge is 2.59. The van der Waals surface area contributed by atoms with E-state index in [-0.39, 0.29) is 17.7 Å². The number of rotatable bonds is 1. The lowest BCUT2D eigenvalue weighted by atomic mass is 9.51. The van der Waals surface area contributed by atoms with Crippen LogP contribution in [0.15, 0.2) is 18.2 Å². The average molecular weight is 353 g/mol. The summed E-state index contributed by atoms with van der Waals surface area (Å²) in [7, 11) is 0. The van der Waals surface area contributed by atoms with Gasteiger partial charge in [-0.3, -0.25) is 9.59 Å². The monoisotopic (exact) mass is 353 g/mol. The van der Waals surface area contributed by atoms with Crippen LogP contribution in [0.2, 0.25) is 0 Å². The summed E-state index contributed by atoms with van der Waals surface area (Å²) in [4.78, 5) is 24.6. The Balaban J connectivity index is 2.12. The van der Waals surface area contributed by atoms with Crippen molar-refractivity contribution >= 4 is 11.7 Å². The molecule has 1 amide bonds. The Bertz CT molecular complexity index is 754. The molecule has 1 fully saturated rings. The average Bonchev–Trinajstić information content (AvgIpc) is 2.49. The Hall–Kier alpha value is -1.85. The first kappa shape index (κ1) is 18.0. The van der Waals surface area contributed by atoms with Gasteiger partial charge in [-0.1, -0.05) is 32.9 Å². The van der Waals surface area contributed by atoms with Crippen LogP contribution in [0.25, 0.3) is 0 Å². The SMILES string of the molecule is CC(=O)c1ccc2c(c1)CC1N(C(=O)C(F)(F)F)CCC2(C)C1(C)C. The molecular weight excluding hydrogens is 331 g/mol. The summed E-state index contributed by atoms with van der Waals surface area (Å²) in [5.41, 5.74) is 1.66. The van der Waals surface area contributed by atoms with Crippen molar-refractivity contribution in [2.45, 2.75) is 58.2 Å². The maximum atomic E-state index is 13.0. The smallest absolute Gasteiger partial charge is 0.331 e. The van der Waals surface area contributed by atoms with Crippen LogP contribution < -0.4 is 0 Å².